The molecule has 1 aromatic rings. The van der Waals surface area contributed by atoms with Crippen molar-refractivity contribution in [1.29, 1.82) is 0 Å². The molecular weight excluding hydrogens is 211 g/mol. The highest BCUT2D eigenvalue weighted by atomic mass is 19.4. The number of aromatic nitrogens is 2. The van der Waals surface area contributed by atoms with Crippen LogP contribution < -0.4 is 5.32 Å². The minimum Gasteiger partial charge on any atom is -0.342 e. The Morgan fingerprint density at radius 3 is 2.60 bits per heavy atom. The number of nitrogens with zero attached hydrogens (tertiary/aromatic N) is 2. The number of hydrogen-bond donors (Lipinski definition) is 1. The molecule has 0 spiro atoms. The van der Waals surface area contributed by atoms with Crippen LogP contribution >= 0.6 is 0 Å². The average molecular weight is 221 g/mol. The van der Waals surface area contributed by atoms with Crippen molar-refractivity contribution in [3.63, 3.8) is 0 Å². The van der Waals surface area contributed by atoms with E-state index in [-0.39, 0.29) is 0 Å². The van der Waals surface area contributed by atoms with Crippen LogP contribution in [-0.4, -0.2) is 21.9 Å². The summed E-state index contributed by atoms with van der Waals surface area (Å²) in [5.41, 5.74) is 0.523. The summed E-state index contributed by atoms with van der Waals surface area (Å²) in [5, 5.41) is 5.62. The minimum atomic E-state index is -4.85. The number of aryl methyl sites for hydroxylation is 1. The minimum absolute atomic E-state index is 0.523. The summed E-state index contributed by atoms with van der Waals surface area (Å²) in [6, 6.07) is -0.715. The summed E-state index contributed by atoms with van der Waals surface area (Å²) in [7, 11) is 1.64. The molecule has 0 bridgehead atoms. The van der Waals surface area contributed by atoms with Gasteiger partial charge in [-0.1, -0.05) is 0 Å². The highest BCUT2D eigenvalue weighted by Gasteiger charge is 2.39. The van der Waals surface area contributed by atoms with Gasteiger partial charge in [0.25, 0.3) is 0 Å². The van der Waals surface area contributed by atoms with Gasteiger partial charge >= 0.3 is 12.1 Å². The third-order valence-electron chi connectivity index (χ3n) is 1.83. The summed E-state index contributed by atoms with van der Waals surface area (Å²) in [6.07, 6.45) is -1.90. The van der Waals surface area contributed by atoms with Crippen LogP contribution in [0.2, 0.25) is 0 Å². The molecule has 0 saturated heterocycles. The first kappa shape index (κ1) is 11.5. The highest BCUT2D eigenvalue weighted by molar-refractivity contribution is 5.82. The number of carbonyl (C=O) groups excluding carboxylic acids is 1. The average Bonchev–Trinajstić information content (AvgIpc) is 2.50. The molecule has 1 atom stereocenters. The van der Waals surface area contributed by atoms with E-state index in [1.807, 2.05) is 5.32 Å². The van der Waals surface area contributed by atoms with Crippen molar-refractivity contribution in [2.24, 2.45) is 7.05 Å². The zero-order valence-electron chi connectivity index (χ0n) is 8.17. The van der Waals surface area contributed by atoms with Crippen molar-refractivity contribution >= 4 is 5.91 Å². The zero-order valence-corrected chi connectivity index (χ0v) is 8.17. The van der Waals surface area contributed by atoms with Crippen LogP contribution in [0.4, 0.5) is 13.2 Å². The predicted octanol–water partition coefficient (Wildman–Crippen LogP) is 1.16. The van der Waals surface area contributed by atoms with Gasteiger partial charge in [-0.05, 0) is 6.92 Å². The normalized spacial score (nSPS) is 13.7. The van der Waals surface area contributed by atoms with Gasteiger partial charge in [-0.3, -0.25) is 9.48 Å². The van der Waals surface area contributed by atoms with E-state index < -0.39 is 18.1 Å². The quantitative estimate of drug-likeness (QED) is 0.814. The van der Waals surface area contributed by atoms with Crippen molar-refractivity contribution in [3.8, 4) is 0 Å². The van der Waals surface area contributed by atoms with Gasteiger partial charge in [-0.15, -0.1) is 0 Å². The van der Waals surface area contributed by atoms with Gasteiger partial charge < -0.3 is 5.32 Å². The third-order valence-corrected chi connectivity index (χ3v) is 1.83. The topological polar surface area (TPSA) is 46.9 Å². The first-order chi connectivity index (χ1) is 6.80. The van der Waals surface area contributed by atoms with Crippen LogP contribution in [0.1, 0.15) is 18.5 Å². The lowest BCUT2D eigenvalue weighted by atomic mass is 10.2. The number of hydrogen-bond acceptors (Lipinski definition) is 2. The zero-order chi connectivity index (χ0) is 11.6. The van der Waals surface area contributed by atoms with Crippen LogP contribution in [0.25, 0.3) is 0 Å². The largest absolute Gasteiger partial charge is 0.471 e. The molecule has 1 N–H and O–H groups in total. The lowest BCUT2D eigenvalue weighted by Gasteiger charge is -2.13. The van der Waals surface area contributed by atoms with E-state index in [2.05, 4.69) is 5.10 Å². The molecule has 1 rings (SSSR count). The van der Waals surface area contributed by atoms with Gasteiger partial charge in [-0.2, -0.15) is 18.3 Å². The number of nitrogens with one attached hydrogen (secondary N) is 1. The summed E-state index contributed by atoms with van der Waals surface area (Å²) in [6.45, 7) is 1.46. The van der Waals surface area contributed by atoms with Gasteiger partial charge in [-0.25, -0.2) is 0 Å². The molecule has 0 radical (unpaired) electrons. The maximum atomic E-state index is 11.9. The number of carbonyl (C=O) groups is 1. The fraction of sp³-hybridized carbons (Fsp3) is 0.500. The van der Waals surface area contributed by atoms with Crippen LogP contribution in [0, 0.1) is 0 Å². The lowest BCUT2D eigenvalue weighted by molar-refractivity contribution is -0.174. The maximum Gasteiger partial charge on any atom is 0.471 e. The molecule has 0 aliphatic rings. The number of halogens is 3. The van der Waals surface area contributed by atoms with Crippen molar-refractivity contribution in [1.82, 2.24) is 15.1 Å². The Hall–Kier alpha value is -1.53. The van der Waals surface area contributed by atoms with Crippen LogP contribution in [0.3, 0.4) is 0 Å². The molecule has 4 nitrogen and oxygen atoms in total. The molecule has 0 aliphatic carbocycles. The second kappa shape index (κ2) is 3.92. The highest BCUT2D eigenvalue weighted by Crippen LogP contribution is 2.17. The number of rotatable bonds is 2. The van der Waals surface area contributed by atoms with Crippen LogP contribution in [-0.2, 0) is 11.8 Å². The predicted molar refractivity (Wildman–Crippen MR) is 45.8 cm³/mol. The van der Waals surface area contributed by atoms with Crippen molar-refractivity contribution in [2.75, 3.05) is 0 Å². The van der Waals surface area contributed by atoms with E-state index in [0.29, 0.717) is 5.56 Å². The fourth-order valence-electron chi connectivity index (χ4n) is 1.03. The van der Waals surface area contributed by atoms with Crippen LogP contribution in [0.15, 0.2) is 12.4 Å². The molecule has 0 aromatic carbocycles. The molecule has 1 unspecified atom stereocenters. The Morgan fingerprint density at radius 1 is 1.60 bits per heavy atom. The van der Waals surface area contributed by atoms with E-state index in [4.69, 9.17) is 0 Å². The smallest absolute Gasteiger partial charge is 0.342 e. The molecule has 15 heavy (non-hydrogen) atoms. The number of alkyl halides is 3. The van der Waals surface area contributed by atoms with E-state index in [1.54, 1.807) is 13.2 Å². The van der Waals surface area contributed by atoms with Gasteiger partial charge in [0, 0.05) is 18.8 Å². The second-order valence-electron chi connectivity index (χ2n) is 3.14. The van der Waals surface area contributed by atoms with Crippen molar-refractivity contribution < 1.29 is 18.0 Å². The SMILES string of the molecule is CC(NC(=O)C(F)(F)F)c1cnn(C)c1. The molecule has 84 valence electrons. The molecule has 0 saturated carbocycles. The Kier molecular flexibility index (Phi) is 3.01. The molecule has 7 heteroatoms. The van der Waals surface area contributed by atoms with Gasteiger partial charge in [0.05, 0.1) is 12.2 Å². The Balaban J connectivity index is 2.64. The molecular formula is C8H10F3N3O. The summed E-state index contributed by atoms with van der Waals surface area (Å²) in [5.74, 6) is -1.95. The third kappa shape index (κ3) is 2.97. The van der Waals surface area contributed by atoms with Gasteiger partial charge in [0.1, 0.15) is 0 Å². The molecule has 1 heterocycles. The van der Waals surface area contributed by atoms with E-state index in [1.165, 1.54) is 17.8 Å². The molecule has 0 aliphatic heterocycles. The van der Waals surface area contributed by atoms with E-state index >= 15 is 0 Å². The summed E-state index contributed by atoms with van der Waals surface area (Å²) < 4.78 is 37.1. The Morgan fingerprint density at radius 2 is 2.20 bits per heavy atom. The monoisotopic (exact) mass is 221 g/mol. The Bertz CT molecular complexity index is 358. The van der Waals surface area contributed by atoms with Gasteiger partial charge in [0.15, 0.2) is 0 Å². The fourth-order valence-corrected chi connectivity index (χ4v) is 1.03. The first-order valence-electron chi connectivity index (χ1n) is 4.17. The maximum absolute atomic E-state index is 11.9. The van der Waals surface area contributed by atoms with Crippen molar-refractivity contribution in [3.05, 3.63) is 18.0 Å². The second-order valence-corrected chi connectivity index (χ2v) is 3.14. The van der Waals surface area contributed by atoms with E-state index in [9.17, 15) is 18.0 Å². The Labute approximate surface area is 84.1 Å². The first-order valence-corrected chi connectivity index (χ1v) is 4.17. The molecule has 1 amide bonds. The standard InChI is InChI=1S/C8H10F3N3O/c1-5(6-3-12-14(2)4-6)13-7(15)8(9,10)11/h3-5H,1-2H3,(H,13,15). The van der Waals surface area contributed by atoms with Crippen LogP contribution in [0.5, 0.6) is 0 Å². The summed E-state index contributed by atoms with van der Waals surface area (Å²) in [4.78, 5) is 10.6. The lowest BCUT2D eigenvalue weighted by Crippen LogP contribution is -2.38. The van der Waals surface area contributed by atoms with Gasteiger partial charge in [0.2, 0.25) is 0 Å². The van der Waals surface area contributed by atoms with Crippen molar-refractivity contribution in [2.45, 2.75) is 19.1 Å². The van der Waals surface area contributed by atoms with E-state index in [0.717, 1.165) is 0 Å². The molecule has 0 fully saturated rings. The summed E-state index contributed by atoms with van der Waals surface area (Å²) >= 11 is 0. The molecule has 1 aromatic heterocycles. The number of amides is 1.